The highest BCUT2D eigenvalue weighted by Crippen LogP contribution is 2.21. The molecule has 3 atom stereocenters. The van der Waals surface area contributed by atoms with Gasteiger partial charge in [-0.15, -0.1) is 0 Å². The average molecular weight is 319 g/mol. The zero-order valence-corrected chi connectivity index (χ0v) is 13.8. The van der Waals surface area contributed by atoms with Crippen molar-refractivity contribution in [1.82, 2.24) is 20.4 Å². The molecule has 3 rings (SSSR count). The SMILES string of the molecule is C[C@H]1C[C@@H](C(=O)NC2CCCN(c3ccn(C)n3)C2=O)CCN1. The van der Waals surface area contributed by atoms with Gasteiger partial charge in [0.1, 0.15) is 6.04 Å². The smallest absolute Gasteiger partial charge is 0.250 e. The zero-order valence-electron chi connectivity index (χ0n) is 13.8. The van der Waals surface area contributed by atoms with E-state index >= 15 is 0 Å². The lowest BCUT2D eigenvalue weighted by Gasteiger charge is -2.33. The summed E-state index contributed by atoms with van der Waals surface area (Å²) in [4.78, 5) is 26.8. The maximum Gasteiger partial charge on any atom is 0.250 e. The third-order valence-electron chi connectivity index (χ3n) is 4.73. The monoisotopic (exact) mass is 319 g/mol. The van der Waals surface area contributed by atoms with Crippen LogP contribution in [0.2, 0.25) is 0 Å². The van der Waals surface area contributed by atoms with Gasteiger partial charge in [0, 0.05) is 37.8 Å². The van der Waals surface area contributed by atoms with Gasteiger partial charge in [0.2, 0.25) is 5.91 Å². The second-order valence-corrected chi connectivity index (χ2v) is 6.62. The minimum absolute atomic E-state index is 0.00396. The first-order valence-corrected chi connectivity index (χ1v) is 8.39. The molecule has 1 aromatic rings. The van der Waals surface area contributed by atoms with Crippen molar-refractivity contribution in [1.29, 1.82) is 0 Å². The number of hydrogen-bond acceptors (Lipinski definition) is 4. The fourth-order valence-corrected chi connectivity index (χ4v) is 3.44. The molecule has 0 saturated carbocycles. The minimum atomic E-state index is -0.427. The quantitative estimate of drug-likeness (QED) is 0.846. The van der Waals surface area contributed by atoms with Gasteiger partial charge in [0.05, 0.1) is 0 Å². The highest BCUT2D eigenvalue weighted by Gasteiger charge is 2.34. The number of aryl methyl sites for hydroxylation is 1. The first-order chi connectivity index (χ1) is 11.0. The third kappa shape index (κ3) is 3.55. The van der Waals surface area contributed by atoms with Crippen molar-refractivity contribution in [3.63, 3.8) is 0 Å². The summed E-state index contributed by atoms with van der Waals surface area (Å²) in [6.07, 6.45) is 5.06. The maximum atomic E-state index is 12.7. The van der Waals surface area contributed by atoms with E-state index in [0.29, 0.717) is 24.8 Å². The van der Waals surface area contributed by atoms with Crippen molar-refractivity contribution in [3.8, 4) is 0 Å². The van der Waals surface area contributed by atoms with E-state index in [0.717, 1.165) is 25.8 Å². The van der Waals surface area contributed by atoms with E-state index in [1.807, 2.05) is 19.3 Å². The number of nitrogens with zero attached hydrogens (tertiary/aromatic N) is 3. The van der Waals surface area contributed by atoms with Crippen LogP contribution in [0.5, 0.6) is 0 Å². The van der Waals surface area contributed by atoms with Crippen LogP contribution in [0.25, 0.3) is 0 Å². The van der Waals surface area contributed by atoms with Gasteiger partial charge in [-0.25, -0.2) is 0 Å². The normalized spacial score (nSPS) is 28.7. The average Bonchev–Trinajstić information content (AvgIpc) is 2.95. The van der Waals surface area contributed by atoms with Gasteiger partial charge in [-0.3, -0.25) is 19.2 Å². The number of aromatic nitrogens is 2. The molecule has 0 aliphatic carbocycles. The molecule has 0 aromatic carbocycles. The Kier molecular flexibility index (Phi) is 4.66. The Morgan fingerprint density at radius 1 is 1.43 bits per heavy atom. The van der Waals surface area contributed by atoms with E-state index in [-0.39, 0.29) is 17.7 Å². The highest BCUT2D eigenvalue weighted by atomic mass is 16.2. The van der Waals surface area contributed by atoms with Gasteiger partial charge in [-0.05, 0) is 39.2 Å². The van der Waals surface area contributed by atoms with E-state index in [1.54, 1.807) is 9.58 Å². The summed E-state index contributed by atoms with van der Waals surface area (Å²) in [5.41, 5.74) is 0. The zero-order chi connectivity index (χ0) is 16.4. The molecule has 2 aliphatic heterocycles. The van der Waals surface area contributed by atoms with Crippen molar-refractivity contribution in [2.45, 2.75) is 44.7 Å². The van der Waals surface area contributed by atoms with E-state index in [9.17, 15) is 9.59 Å². The number of anilines is 1. The molecule has 7 heteroatoms. The van der Waals surface area contributed by atoms with E-state index in [4.69, 9.17) is 0 Å². The van der Waals surface area contributed by atoms with Crippen LogP contribution in [0.15, 0.2) is 12.3 Å². The van der Waals surface area contributed by atoms with Gasteiger partial charge in [0.15, 0.2) is 5.82 Å². The second-order valence-electron chi connectivity index (χ2n) is 6.62. The van der Waals surface area contributed by atoms with Crippen LogP contribution in [0.4, 0.5) is 5.82 Å². The first kappa shape index (κ1) is 16.0. The molecule has 1 unspecified atom stereocenters. The van der Waals surface area contributed by atoms with Crippen LogP contribution in [0.3, 0.4) is 0 Å². The first-order valence-electron chi connectivity index (χ1n) is 8.39. The number of hydrogen-bond donors (Lipinski definition) is 2. The lowest BCUT2D eigenvalue weighted by Crippen LogP contribution is -2.54. The minimum Gasteiger partial charge on any atom is -0.344 e. The molecule has 2 saturated heterocycles. The summed E-state index contributed by atoms with van der Waals surface area (Å²) >= 11 is 0. The summed E-state index contributed by atoms with van der Waals surface area (Å²) in [6.45, 7) is 3.61. The standard InChI is InChI=1S/C16H25N5O2/c1-11-10-12(5-7-17-11)15(22)18-13-4-3-8-21(16(13)23)14-6-9-20(2)19-14/h6,9,11-13,17H,3-5,7-8,10H2,1-2H3,(H,18,22)/t11-,12-,13?/m0/s1. The fraction of sp³-hybridized carbons (Fsp3) is 0.688. The Hall–Kier alpha value is -1.89. The van der Waals surface area contributed by atoms with Crippen molar-refractivity contribution >= 4 is 17.6 Å². The molecule has 2 N–H and O–H groups in total. The van der Waals surface area contributed by atoms with Gasteiger partial charge in [-0.1, -0.05) is 0 Å². The predicted octanol–water partition coefficient (Wildman–Crippen LogP) is 0.420. The second kappa shape index (κ2) is 6.70. The lowest BCUT2D eigenvalue weighted by molar-refractivity contribution is -0.131. The Morgan fingerprint density at radius 3 is 2.96 bits per heavy atom. The molecule has 0 spiro atoms. The Labute approximate surface area is 136 Å². The van der Waals surface area contributed by atoms with Gasteiger partial charge >= 0.3 is 0 Å². The number of nitrogens with one attached hydrogen (secondary N) is 2. The number of carbonyl (C=O) groups excluding carboxylic acids is 2. The number of amides is 2. The molecule has 7 nitrogen and oxygen atoms in total. The summed E-state index contributed by atoms with van der Waals surface area (Å²) in [6, 6.07) is 1.76. The molecule has 23 heavy (non-hydrogen) atoms. The molecule has 2 fully saturated rings. The number of rotatable bonds is 3. The van der Waals surface area contributed by atoms with Crippen molar-refractivity contribution in [2.24, 2.45) is 13.0 Å². The van der Waals surface area contributed by atoms with Gasteiger partial charge in [0.25, 0.3) is 5.91 Å². The maximum absolute atomic E-state index is 12.7. The van der Waals surface area contributed by atoms with Gasteiger partial charge < -0.3 is 10.6 Å². The van der Waals surface area contributed by atoms with Crippen LogP contribution < -0.4 is 15.5 Å². The fourth-order valence-electron chi connectivity index (χ4n) is 3.44. The summed E-state index contributed by atoms with van der Waals surface area (Å²) in [7, 11) is 1.83. The van der Waals surface area contributed by atoms with E-state index < -0.39 is 6.04 Å². The van der Waals surface area contributed by atoms with Gasteiger partial charge in [-0.2, -0.15) is 5.10 Å². The van der Waals surface area contributed by atoms with Crippen LogP contribution in [-0.2, 0) is 16.6 Å². The summed E-state index contributed by atoms with van der Waals surface area (Å²) in [5, 5.41) is 10.6. The van der Waals surface area contributed by atoms with Crippen LogP contribution in [-0.4, -0.2) is 46.8 Å². The largest absolute Gasteiger partial charge is 0.344 e. The van der Waals surface area contributed by atoms with Crippen LogP contribution >= 0.6 is 0 Å². The molecular formula is C16H25N5O2. The lowest BCUT2D eigenvalue weighted by atomic mass is 9.92. The molecular weight excluding hydrogens is 294 g/mol. The van der Waals surface area contributed by atoms with E-state index in [1.165, 1.54) is 0 Å². The molecule has 1 aromatic heterocycles. The van der Waals surface area contributed by atoms with Crippen molar-refractivity contribution in [3.05, 3.63) is 12.3 Å². The molecule has 2 amide bonds. The molecule has 2 aliphatic rings. The Balaban J connectivity index is 1.63. The van der Waals surface area contributed by atoms with Crippen LogP contribution in [0, 0.1) is 5.92 Å². The predicted molar refractivity (Wildman–Crippen MR) is 86.9 cm³/mol. The molecule has 126 valence electrons. The van der Waals surface area contributed by atoms with Crippen molar-refractivity contribution in [2.75, 3.05) is 18.0 Å². The van der Waals surface area contributed by atoms with Crippen LogP contribution in [0.1, 0.15) is 32.6 Å². The Bertz CT molecular complexity index is 585. The highest BCUT2D eigenvalue weighted by molar-refractivity contribution is 5.99. The number of carbonyl (C=O) groups is 2. The molecule has 0 bridgehead atoms. The summed E-state index contributed by atoms with van der Waals surface area (Å²) in [5.74, 6) is 0.626. The number of piperidine rings is 2. The van der Waals surface area contributed by atoms with Crippen molar-refractivity contribution < 1.29 is 9.59 Å². The van der Waals surface area contributed by atoms with E-state index in [2.05, 4.69) is 22.7 Å². The molecule has 3 heterocycles. The molecule has 0 radical (unpaired) electrons. The summed E-state index contributed by atoms with van der Waals surface area (Å²) < 4.78 is 1.68. The third-order valence-corrected chi connectivity index (χ3v) is 4.73. The topological polar surface area (TPSA) is 79.3 Å². The Morgan fingerprint density at radius 2 is 2.26 bits per heavy atom.